The molecule has 1 fully saturated rings. The van der Waals surface area contributed by atoms with Gasteiger partial charge >= 0.3 is 6.36 Å². The number of aliphatic hydroxyl groups excluding tert-OH is 1. The van der Waals surface area contributed by atoms with E-state index in [0.717, 1.165) is 0 Å². The van der Waals surface area contributed by atoms with Gasteiger partial charge in [0.2, 0.25) is 0 Å². The molecule has 1 N–H and O–H groups in total. The van der Waals surface area contributed by atoms with Gasteiger partial charge in [-0.15, -0.1) is 13.2 Å². The van der Waals surface area contributed by atoms with Crippen LogP contribution in [0.25, 0.3) is 0 Å². The number of alkyl halides is 3. The number of ether oxygens (including phenoxy) is 1. The van der Waals surface area contributed by atoms with Gasteiger partial charge in [-0.05, 0) is 25.2 Å². The van der Waals surface area contributed by atoms with E-state index in [9.17, 15) is 26.7 Å². The van der Waals surface area contributed by atoms with Gasteiger partial charge in [-0.3, -0.25) is 4.74 Å². The highest BCUT2D eigenvalue weighted by atomic mass is 32.2. The molecule has 0 amide bonds. The Morgan fingerprint density at radius 2 is 1.82 bits per heavy atom. The van der Waals surface area contributed by atoms with E-state index in [1.807, 2.05) is 0 Å². The minimum atomic E-state index is -4.74. The summed E-state index contributed by atoms with van der Waals surface area (Å²) in [6.45, 7) is -0.799. The van der Waals surface area contributed by atoms with E-state index in [1.165, 1.54) is 0 Å². The van der Waals surface area contributed by atoms with Crippen LogP contribution in [0, 0.1) is 5.92 Å². The Labute approximate surface area is 97.7 Å². The van der Waals surface area contributed by atoms with E-state index in [2.05, 4.69) is 4.74 Å². The first kappa shape index (κ1) is 14.7. The summed E-state index contributed by atoms with van der Waals surface area (Å²) in [6.07, 6.45) is -5.01. The predicted molar refractivity (Wildman–Crippen MR) is 54.0 cm³/mol. The summed E-state index contributed by atoms with van der Waals surface area (Å²) in [6, 6.07) is 0. The molecule has 1 unspecified atom stereocenters. The molecule has 17 heavy (non-hydrogen) atoms. The first-order valence-electron chi connectivity index (χ1n) is 5.27. The van der Waals surface area contributed by atoms with Crippen LogP contribution < -0.4 is 0 Å². The van der Waals surface area contributed by atoms with Crippen molar-refractivity contribution in [3.05, 3.63) is 0 Å². The Morgan fingerprint density at radius 1 is 1.29 bits per heavy atom. The number of sulfone groups is 1. The molecule has 4 nitrogen and oxygen atoms in total. The van der Waals surface area contributed by atoms with E-state index in [-0.39, 0.29) is 23.8 Å². The minimum Gasteiger partial charge on any atom is -0.391 e. The van der Waals surface area contributed by atoms with Crippen LogP contribution in [0.5, 0.6) is 0 Å². The topological polar surface area (TPSA) is 63.6 Å². The van der Waals surface area contributed by atoms with Crippen molar-refractivity contribution in [1.29, 1.82) is 0 Å². The van der Waals surface area contributed by atoms with Gasteiger partial charge in [0, 0.05) is 0 Å². The van der Waals surface area contributed by atoms with Crippen LogP contribution in [0.15, 0.2) is 0 Å². The summed E-state index contributed by atoms with van der Waals surface area (Å²) >= 11 is 0. The van der Waals surface area contributed by atoms with E-state index >= 15 is 0 Å². The highest BCUT2D eigenvalue weighted by molar-refractivity contribution is 7.91. The first-order chi connectivity index (χ1) is 7.68. The highest BCUT2D eigenvalue weighted by Gasteiger charge is 2.31. The van der Waals surface area contributed by atoms with Crippen molar-refractivity contribution in [2.24, 2.45) is 5.92 Å². The molecule has 1 rings (SSSR count). The van der Waals surface area contributed by atoms with Gasteiger partial charge in [0.25, 0.3) is 0 Å². The van der Waals surface area contributed by atoms with Crippen LogP contribution in [-0.4, -0.2) is 44.1 Å². The van der Waals surface area contributed by atoms with Crippen molar-refractivity contribution >= 4 is 9.84 Å². The molecule has 0 aromatic rings. The molecule has 0 aromatic heterocycles. The van der Waals surface area contributed by atoms with Crippen molar-refractivity contribution in [2.45, 2.75) is 31.7 Å². The van der Waals surface area contributed by atoms with E-state index in [1.54, 1.807) is 0 Å². The maximum atomic E-state index is 11.7. The van der Waals surface area contributed by atoms with Gasteiger partial charge in [-0.1, -0.05) is 0 Å². The van der Waals surface area contributed by atoms with Gasteiger partial charge in [0.05, 0.1) is 24.2 Å². The first-order valence-corrected chi connectivity index (χ1v) is 7.09. The zero-order valence-electron chi connectivity index (χ0n) is 9.11. The Kier molecular flexibility index (Phi) is 4.79. The predicted octanol–water partition coefficient (Wildman–Crippen LogP) is 1.10. The molecule has 0 aromatic carbocycles. The van der Waals surface area contributed by atoms with Gasteiger partial charge in [0.1, 0.15) is 9.84 Å². The van der Waals surface area contributed by atoms with Gasteiger partial charge < -0.3 is 5.11 Å². The summed E-state index contributed by atoms with van der Waals surface area (Å²) in [4.78, 5) is 0. The number of rotatable bonds is 4. The number of hydrogen-bond donors (Lipinski definition) is 1. The van der Waals surface area contributed by atoms with Crippen LogP contribution in [-0.2, 0) is 14.6 Å². The molecule has 8 heteroatoms. The summed E-state index contributed by atoms with van der Waals surface area (Å²) in [5.74, 6) is 0.0417. The van der Waals surface area contributed by atoms with Crippen molar-refractivity contribution < 1.29 is 31.4 Å². The lowest BCUT2D eigenvalue weighted by atomic mass is 9.96. The quantitative estimate of drug-likeness (QED) is 0.835. The summed E-state index contributed by atoms with van der Waals surface area (Å²) in [5, 5.41) is 9.32. The molecule has 0 aliphatic carbocycles. The molecule has 1 saturated heterocycles. The Morgan fingerprint density at radius 3 is 2.29 bits per heavy atom. The highest BCUT2D eigenvalue weighted by Crippen LogP contribution is 2.24. The van der Waals surface area contributed by atoms with E-state index < -0.39 is 28.9 Å². The standard InChI is InChI=1S/C9H15F3O4S/c10-9(11,12)16-6-8(13)5-7-1-3-17(14,15)4-2-7/h7-8,13H,1-6H2. The molecular formula is C9H15F3O4S. The van der Waals surface area contributed by atoms with E-state index in [4.69, 9.17) is 0 Å². The lowest BCUT2D eigenvalue weighted by Gasteiger charge is -2.24. The minimum absolute atomic E-state index is 0.0461. The molecule has 0 bridgehead atoms. The second kappa shape index (κ2) is 5.53. The molecule has 102 valence electrons. The third-order valence-electron chi connectivity index (χ3n) is 2.72. The maximum absolute atomic E-state index is 11.7. The largest absolute Gasteiger partial charge is 0.522 e. The van der Waals surface area contributed by atoms with Crippen LogP contribution in [0.3, 0.4) is 0 Å². The molecule has 1 aliphatic heterocycles. The fourth-order valence-electron chi connectivity index (χ4n) is 1.82. The Bertz CT molecular complexity index is 325. The molecule has 0 saturated carbocycles. The van der Waals surface area contributed by atoms with Gasteiger partial charge in [0.15, 0.2) is 0 Å². The van der Waals surface area contributed by atoms with Crippen molar-refractivity contribution in [3.8, 4) is 0 Å². The summed E-state index contributed by atoms with van der Waals surface area (Å²) < 4.78 is 60.8. The molecule has 1 aliphatic rings. The summed E-state index contributed by atoms with van der Waals surface area (Å²) in [5.41, 5.74) is 0. The fourth-order valence-corrected chi connectivity index (χ4v) is 3.41. The Hall–Kier alpha value is -0.340. The normalized spacial score (nSPS) is 23.5. The van der Waals surface area contributed by atoms with Crippen molar-refractivity contribution in [2.75, 3.05) is 18.1 Å². The average Bonchev–Trinajstić information content (AvgIpc) is 2.17. The molecule has 0 spiro atoms. The second-order valence-electron chi connectivity index (χ2n) is 4.24. The van der Waals surface area contributed by atoms with Crippen LogP contribution in [0.4, 0.5) is 13.2 Å². The van der Waals surface area contributed by atoms with E-state index in [0.29, 0.717) is 12.8 Å². The molecular weight excluding hydrogens is 261 g/mol. The number of aliphatic hydroxyl groups is 1. The van der Waals surface area contributed by atoms with Crippen LogP contribution >= 0.6 is 0 Å². The van der Waals surface area contributed by atoms with Crippen molar-refractivity contribution in [3.63, 3.8) is 0 Å². The molecule has 1 atom stereocenters. The second-order valence-corrected chi connectivity index (χ2v) is 6.55. The van der Waals surface area contributed by atoms with Gasteiger partial charge in [-0.2, -0.15) is 0 Å². The van der Waals surface area contributed by atoms with Crippen LogP contribution in [0.2, 0.25) is 0 Å². The average molecular weight is 276 g/mol. The zero-order chi connectivity index (χ0) is 13.1. The fraction of sp³-hybridized carbons (Fsp3) is 1.00. The summed E-state index contributed by atoms with van der Waals surface area (Å²) in [7, 11) is -2.98. The zero-order valence-corrected chi connectivity index (χ0v) is 9.93. The number of hydrogen-bond acceptors (Lipinski definition) is 4. The SMILES string of the molecule is O=S1(=O)CCC(CC(O)COC(F)(F)F)CC1. The lowest BCUT2D eigenvalue weighted by molar-refractivity contribution is -0.330. The third kappa shape index (κ3) is 6.23. The third-order valence-corrected chi connectivity index (χ3v) is 4.43. The molecule has 0 radical (unpaired) electrons. The van der Waals surface area contributed by atoms with Gasteiger partial charge in [-0.25, -0.2) is 8.42 Å². The van der Waals surface area contributed by atoms with Crippen LogP contribution in [0.1, 0.15) is 19.3 Å². The number of halogens is 3. The Balaban J connectivity index is 2.26. The smallest absolute Gasteiger partial charge is 0.391 e. The lowest BCUT2D eigenvalue weighted by Crippen LogP contribution is -2.29. The maximum Gasteiger partial charge on any atom is 0.522 e. The van der Waals surface area contributed by atoms with Crippen molar-refractivity contribution in [1.82, 2.24) is 0 Å². The molecule has 1 heterocycles. The monoisotopic (exact) mass is 276 g/mol.